The molecule has 3 aromatic rings. The third-order valence-corrected chi connectivity index (χ3v) is 4.06. The van der Waals surface area contributed by atoms with Gasteiger partial charge in [-0.25, -0.2) is 8.78 Å². The van der Waals surface area contributed by atoms with Crippen molar-refractivity contribution in [2.45, 2.75) is 13.0 Å². The number of aromatic amines is 1. The van der Waals surface area contributed by atoms with Gasteiger partial charge < -0.3 is 4.90 Å². The van der Waals surface area contributed by atoms with Gasteiger partial charge in [0.1, 0.15) is 0 Å². The van der Waals surface area contributed by atoms with E-state index in [1.165, 1.54) is 11.0 Å². The molecular weight excluding hydrogens is 328 g/mol. The molecular formula is C17H15F2N5O. The monoisotopic (exact) mass is 343 g/mol. The Kier molecular flexibility index (Phi) is 4.51. The van der Waals surface area contributed by atoms with Crippen LogP contribution < -0.4 is 0 Å². The van der Waals surface area contributed by atoms with E-state index in [2.05, 4.69) is 20.6 Å². The van der Waals surface area contributed by atoms with Crippen LogP contribution in [0.25, 0.3) is 11.4 Å². The summed E-state index contributed by atoms with van der Waals surface area (Å²) in [6.45, 7) is 1.75. The van der Waals surface area contributed by atoms with E-state index in [1.807, 2.05) is 0 Å². The molecule has 8 heteroatoms. The molecule has 1 atom stereocenters. The van der Waals surface area contributed by atoms with Gasteiger partial charge in [0.2, 0.25) is 5.82 Å². The zero-order valence-electron chi connectivity index (χ0n) is 13.6. The lowest BCUT2D eigenvalue weighted by Crippen LogP contribution is -2.29. The van der Waals surface area contributed by atoms with Crippen molar-refractivity contribution in [3.63, 3.8) is 0 Å². The second-order valence-corrected chi connectivity index (χ2v) is 5.58. The quantitative estimate of drug-likeness (QED) is 0.790. The number of halogens is 2. The van der Waals surface area contributed by atoms with Gasteiger partial charge in [-0.3, -0.25) is 4.79 Å². The van der Waals surface area contributed by atoms with Crippen LogP contribution in [0.3, 0.4) is 0 Å². The van der Waals surface area contributed by atoms with Crippen molar-refractivity contribution in [2.24, 2.45) is 0 Å². The van der Waals surface area contributed by atoms with Gasteiger partial charge in [0.15, 0.2) is 11.6 Å². The summed E-state index contributed by atoms with van der Waals surface area (Å²) in [5.41, 5.74) is 1.70. The lowest BCUT2D eigenvalue weighted by atomic mass is 10.1. The first-order valence-electron chi connectivity index (χ1n) is 7.53. The van der Waals surface area contributed by atoms with Crippen LogP contribution >= 0.6 is 0 Å². The van der Waals surface area contributed by atoms with Crippen LogP contribution in [0.2, 0.25) is 0 Å². The molecule has 25 heavy (non-hydrogen) atoms. The van der Waals surface area contributed by atoms with E-state index >= 15 is 0 Å². The maximum Gasteiger partial charge on any atom is 0.254 e. The number of hydrogen-bond donors (Lipinski definition) is 1. The minimum atomic E-state index is -0.935. The van der Waals surface area contributed by atoms with Crippen molar-refractivity contribution in [3.05, 3.63) is 65.2 Å². The third kappa shape index (κ3) is 3.37. The SMILES string of the molecule is CC(c1ccc(F)c(F)c1)N(C)C(=O)c1ccc(-c2nn[nH]n2)cc1. The highest BCUT2D eigenvalue weighted by Gasteiger charge is 2.20. The molecule has 1 amide bonds. The van der Waals surface area contributed by atoms with E-state index < -0.39 is 17.7 Å². The Labute approximate surface area is 142 Å². The van der Waals surface area contributed by atoms with Crippen molar-refractivity contribution in [1.82, 2.24) is 25.5 Å². The molecule has 0 fully saturated rings. The van der Waals surface area contributed by atoms with E-state index in [0.717, 1.165) is 17.7 Å². The Hall–Kier alpha value is -3.16. The highest BCUT2D eigenvalue weighted by Crippen LogP contribution is 2.23. The van der Waals surface area contributed by atoms with Crippen LogP contribution in [0.5, 0.6) is 0 Å². The number of tetrazole rings is 1. The summed E-state index contributed by atoms with van der Waals surface area (Å²) in [6.07, 6.45) is 0. The van der Waals surface area contributed by atoms with E-state index in [9.17, 15) is 13.6 Å². The first-order valence-corrected chi connectivity index (χ1v) is 7.53. The fourth-order valence-corrected chi connectivity index (χ4v) is 2.42. The number of benzene rings is 2. The van der Waals surface area contributed by atoms with Crippen LogP contribution in [0.15, 0.2) is 42.5 Å². The molecule has 0 radical (unpaired) electrons. The number of nitrogens with zero attached hydrogens (tertiary/aromatic N) is 4. The Balaban J connectivity index is 1.78. The standard InChI is InChI=1S/C17H15F2N5O/c1-10(13-7-8-14(18)15(19)9-13)24(2)17(25)12-5-3-11(4-6-12)16-20-22-23-21-16/h3-10H,1-2H3,(H,20,21,22,23). The Morgan fingerprint density at radius 2 is 1.84 bits per heavy atom. The van der Waals surface area contributed by atoms with Crippen molar-refractivity contribution < 1.29 is 13.6 Å². The summed E-state index contributed by atoms with van der Waals surface area (Å²) in [7, 11) is 1.61. The average Bonchev–Trinajstić information content (AvgIpc) is 3.17. The highest BCUT2D eigenvalue weighted by molar-refractivity contribution is 5.94. The molecule has 0 spiro atoms. The number of amides is 1. The van der Waals surface area contributed by atoms with Crippen LogP contribution in [-0.4, -0.2) is 38.5 Å². The topological polar surface area (TPSA) is 74.8 Å². The molecule has 1 heterocycles. The highest BCUT2D eigenvalue weighted by atomic mass is 19.2. The van der Waals surface area contributed by atoms with Crippen molar-refractivity contribution in [1.29, 1.82) is 0 Å². The Morgan fingerprint density at radius 1 is 1.12 bits per heavy atom. The molecule has 2 aromatic carbocycles. The molecule has 0 saturated heterocycles. The lowest BCUT2D eigenvalue weighted by Gasteiger charge is -2.25. The maximum atomic E-state index is 13.4. The number of carbonyl (C=O) groups excluding carboxylic acids is 1. The zero-order valence-corrected chi connectivity index (χ0v) is 13.6. The molecule has 128 valence electrons. The summed E-state index contributed by atoms with van der Waals surface area (Å²) >= 11 is 0. The summed E-state index contributed by atoms with van der Waals surface area (Å²) in [5, 5.41) is 13.6. The largest absolute Gasteiger partial charge is 0.335 e. The number of nitrogens with one attached hydrogen (secondary N) is 1. The summed E-state index contributed by atoms with van der Waals surface area (Å²) in [5.74, 6) is -1.66. The smallest absolute Gasteiger partial charge is 0.254 e. The second kappa shape index (κ2) is 6.76. The minimum Gasteiger partial charge on any atom is -0.335 e. The van der Waals surface area contributed by atoms with Crippen molar-refractivity contribution in [3.8, 4) is 11.4 Å². The van der Waals surface area contributed by atoms with Crippen LogP contribution in [-0.2, 0) is 0 Å². The molecule has 1 aromatic heterocycles. The van der Waals surface area contributed by atoms with Crippen LogP contribution in [0.1, 0.15) is 28.9 Å². The molecule has 0 aliphatic carbocycles. The normalized spacial score (nSPS) is 12.0. The van der Waals surface area contributed by atoms with Crippen LogP contribution in [0.4, 0.5) is 8.78 Å². The molecule has 0 bridgehead atoms. The predicted octanol–water partition coefficient (Wildman–Crippen LogP) is 2.98. The van der Waals surface area contributed by atoms with Gasteiger partial charge in [0.05, 0.1) is 6.04 Å². The van der Waals surface area contributed by atoms with E-state index in [4.69, 9.17) is 0 Å². The first-order chi connectivity index (χ1) is 12.0. The van der Waals surface area contributed by atoms with Gasteiger partial charge in [-0.15, -0.1) is 10.2 Å². The van der Waals surface area contributed by atoms with E-state index in [1.54, 1.807) is 38.2 Å². The maximum absolute atomic E-state index is 13.4. The molecule has 0 aliphatic rings. The fourth-order valence-electron chi connectivity index (χ4n) is 2.42. The first kappa shape index (κ1) is 16.7. The van der Waals surface area contributed by atoms with Crippen molar-refractivity contribution in [2.75, 3.05) is 7.05 Å². The van der Waals surface area contributed by atoms with Gasteiger partial charge in [-0.1, -0.05) is 18.2 Å². The lowest BCUT2D eigenvalue weighted by molar-refractivity contribution is 0.0742. The number of H-pyrrole nitrogens is 1. The Morgan fingerprint density at radius 3 is 2.44 bits per heavy atom. The van der Waals surface area contributed by atoms with Gasteiger partial charge >= 0.3 is 0 Å². The minimum absolute atomic E-state index is 0.239. The number of carbonyl (C=O) groups is 1. The van der Waals surface area contributed by atoms with Crippen molar-refractivity contribution >= 4 is 5.91 Å². The number of aromatic nitrogens is 4. The molecule has 1 unspecified atom stereocenters. The molecule has 6 nitrogen and oxygen atoms in total. The van der Waals surface area contributed by atoms with Gasteiger partial charge in [-0.05, 0) is 42.0 Å². The van der Waals surface area contributed by atoms with Gasteiger partial charge in [0.25, 0.3) is 5.91 Å². The molecule has 3 rings (SSSR count). The average molecular weight is 343 g/mol. The third-order valence-electron chi connectivity index (χ3n) is 4.06. The molecule has 0 aliphatic heterocycles. The summed E-state index contributed by atoms with van der Waals surface area (Å²) < 4.78 is 26.5. The van der Waals surface area contributed by atoms with E-state index in [0.29, 0.717) is 17.0 Å². The summed E-state index contributed by atoms with van der Waals surface area (Å²) in [4.78, 5) is 14.1. The zero-order chi connectivity index (χ0) is 18.0. The Bertz CT molecular complexity index is 881. The molecule has 0 saturated carbocycles. The number of rotatable bonds is 4. The fraction of sp³-hybridized carbons (Fsp3) is 0.176. The second-order valence-electron chi connectivity index (χ2n) is 5.58. The van der Waals surface area contributed by atoms with Gasteiger partial charge in [-0.2, -0.15) is 5.21 Å². The number of hydrogen-bond acceptors (Lipinski definition) is 4. The van der Waals surface area contributed by atoms with Gasteiger partial charge in [0, 0.05) is 18.2 Å². The summed E-state index contributed by atoms with van der Waals surface area (Å²) in [6, 6.07) is 9.95. The van der Waals surface area contributed by atoms with E-state index in [-0.39, 0.29) is 5.91 Å². The van der Waals surface area contributed by atoms with Crippen LogP contribution in [0, 0.1) is 11.6 Å². The predicted molar refractivity (Wildman–Crippen MR) is 86.5 cm³/mol. The molecule has 1 N–H and O–H groups in total.